The number of hydrogen-bond donors (Lipinski definition) is 2. The summed E-state index contributed by atoms with van der Waals surface area (Å²) in [5.74, 6) is -0.875. The lowest BCUT2D eigenvalue weighted by atomic mass is 9.78. The minimum atomic E-state index is -4.83. The van der Waals surface area contributed by atoms with E-state index in [1.165, 1.54) is 6.20 Å². The van der Waals surface area contributed by atoms with Gasteiger partial charge in [-0.1, -0.05) is 51.1 Å². The van der Waals surface area contributed by atoms with Crippen LogP contribution < -0.4 is 11.1 Å². The number of rotatable bonds is 8. The number of hydrogen-bond acceptors (Lipinski definition) is 6. The predicted octanol–water partition coefficient (Wildman–Crippen LogP) is 7.00. The van der Waals surface area contributed by atoms with Crippen LogP contribution in [-0.4, -0.2) is 20.9 Å². The van der Waals surface area contributed by atoms with Crippen molar-refractivity contribution in [2.24, 2.45) is 11.7 Å². The van der Waals surface area contributed by atoms with Crippen molar-refractivity contribution in [2.45, 2.75) is 51.9 Å². The molecule has 3 N–H and O–H groups in total. The van der Waals surface area contributed by atoms with Crippen LogP contribution >= 0.6 is 11.3 Å². The van der Waals surface area contributed by atoms with E-state index in [4.69, 9.17) is 5.73 Å². The maximum absolute atomic E-state index is 14.1. The Labute approximate surface area is 229 Å². The molecule has 3 aromatic heterocycles. The largest absolute Gasteiger partial charge is 0.435 e. The summed E-state index contributed by atoms with van der Waals surface area (Å²) in [4.78, 5) is 25.1. The van der Waals surface area contributed by atoms with Gasteiger partial charge in [0, 0.05) is 29.7 Å². The van der Waals surface area contributed by atoms with Crippen molar-refractivity contribution in [3.05, 3.63) is 88.8 Å². The molecule has 4 aromatic rings. The summed E-state index contributed by atoms with van der Waals surface area (Å²) in [6, 6.07) is 14.0. The maximum Gasteiger partial charge on any atom is 0.435 e. The lowest BCUT2D eigenvalue weighted by Gasteiger charge is -2.34. The minimum Gasteiger partial charge on any atom is -0.345 e. The van der Waals surface area contributed by atoms with Crippen LogP contribution in [0.5, 0.6) is 0 Å². The highest BCUT2D eigenvalue weighted by molar-refractivity contribution is 7.17. The minimum absolute atomic E-state index is 0.00164. The molecule has 0 fully saturated rings. The number of nitrogens with zero attached hydrogens (tertiary/aromatic N) is 3. The van der Waals surface area contributed by atoms with Gasteiger partial charge in [0.05, 0.1) is 6.04 Å². The zero-order valence-corrected chi connectivity index (χ0v) is 22.9. The molecule has 10 heteroatoms. The fraction of sp³-hybridized carbons (Fsp3) is 0.310. The highest BCUT2D eigenvalue weighted by atomic mass is 32.1. The fourth-order valence-corrected chi connectivity index (χ4v) is 5.49. The Kier molecular flexibility index (Phi) is 8.17. The molecule has 204 valence electrons. The molecular weight excluding hydrogens is 523 g/mol. The number of aromatic nitrogens is 3. The van der Waals surface area contributed by atoms with Crippen molar-refractivity contribution in [2.75, 3.05) is 0 Å². The van der Waals surface area contributed by atoms with Crippen LogP contribution in [0.25, 0.3) is 21.8 Å². The third-order valence-electron chi connectivity index (χ3n) is 6.96. The Balaban J connectivity index is 1.69. The number of alkyl halides is 3. The van der Waals surface area contributed by atoms with Gasteiger partial charge in [-0.3, -0.25) is 14.8 Å². The number of amides is 1. The first-order valence-electron chi connectivity index (χ1n) is 12.6. The lowest BCUT2D eigenvalue weighted by molar-refractivity contribution is -0.141. The summed E-state index contributed by atoms with van der Waals surface area (Å²) in [6.45, 7) is 7.54. The van der Waals surface area contributed by atoms with E-state index >= 15 is 0 Å². The second-order valence-corrected chi connectivity index (χ2v) is 10.7. The zero-order valence-electron chi connectivity index (χ0n) is 22.1. The molecule has 0 aliphatic rings. The van der Waals surface area contributed by atoms with Gasteiger partial charge >= 0.3 is 6.18 Å². The van der Waals surface area contributed by atoms with Crippen molar-refractivity contribution in [3.8, 4) is 21.8 Å². The quantitative estimate of drug-likeness (QED) is 0.245. The molecule has 0 spiro atoms. The molecule has 1 aromatic carbocycles. The van der Waals surface area contributed by atoms with Crippen LogP contribution in [0.4, 0.5) is 13.2 Å². The molecule has 0 bridgehead atoms. The summed E-state index contributed by atoms with van der Waals surface area (Å²) in [5.41, 5.74) is 7.99. The van der Waals surface area contributed by atoms with Gasteiger partial charge in [0.1, 0.15) is 15.6 Å². The van der Waals surface area contributed by atoms with E-state index in [0.717, 1.165) is 16.7 Å². The van der Waals surface area contributed by atoms with Gasteiger partial charge < -0.3 is 11.1 Å². The monoisotopic (exact) mass is 553 g/mol. The smallest absolute Gasteiger partial charge is 0.345 e. The predicted molar refractivity (Wildman–Crippen MR) is 147 cm³/mol. The van der Waals surface area contributed by atoms with Crippen LogP contribution in [-0.2, 0) is 11.7 Å². The third kappa shape index (κ3) is 5.86. The van der Waals surface area contributed by atoms with Gasteiger partial charge in [0.15, 0.2) is 5.69 Å². The maximum atomic E-state index is 14.1. The molecule has 4 rings (SSSR count). The van der Waals surface area contributed by atoms with E-state index in [1.54, 1.807) is 31.5 Å². The van der Waals surface area contributed by atoms with Crippen molar-refractivity contribution >= 4 is 17.2 Å². The Bertz CT molecular complexity index is 1450. The van der Waals surface area contributed by atoms with E-state index in [1.807, 2.05) is 57.2 Å². The van der Waals surface area contributed by atoms with E-state index in [9.17, 15) is 18.0 Å². The molecule has 0 radical (unpaired) electrons. The van der Waals surface area contributed by atoms with Crippen LogP contribution in [0.2, 0.25) is 0 Å². The van der Waals surface area contributed by atoms with E-state index in [2.05, 4.69) is 20.3 Å². The Morgan fingerprint density at radius 3 is 2.41 bits per heavy atom. The number of benzene rings is 1. The first-order valence-corrected chi connectivity index (χ1v) is 13.4. The summed E-state index contributed by atoms with van der Waals surface area (Å²) < 4.78 is 42.2. The number of carbonyl (C=O) groups excluding carboxylic acids is 1. The topological polar surface area (TPSA) is 93.8 Å². The van der Waals surface area contributed by atoms with Gasteiger partial charge in [-0.15, -0.1) is 11.3 Å². The highest BCUT2D eigenvalue weighted by Gasteiger charge is 2.41. The molecule has 0 saturated carbocycles. The number of nitrogens with two attached hydrogens (primary N) is 1. The fourth-order valence-electron chi connectivity index (χ4n) is 4.50. The number of nitrogens with one attached hydrogen (secondary N) is 1. The molecule has 1 unspecified atom stereocenters. The second-order valence-electron chi connectivity index (χ2n) is 9.71. The van der Waals surface area contributed by atoms with Gasteiger partial charge in [-0.05, 0) is 54.2 Å². The van der Waals surface area contributed by atoms with Crippen molar-refractivity contribution in [1.29, 1.82) is 0 Å². The van der Waals surface area contributed by atoms with E-state index in [-0.39, 0.29) is 16.6 Å². The lowest BCUT2D eigenvalue weighted by Crippen LogP contribution is -2.41. The Morgan fingerprint density at radius 1 is 1.05 bits per heavy atom. The van der Waals surface area contributed by atoms with E-state index in [0.29, 0.717) is 23.3 Å². The van der Waals surface area contributed by atoms with Gasteiger partial charge in [0.2, 0.25) is 0 Å². The second kappa shape index (κ2) is 11.2. The standard InChI is InChI=1S/C29H30F3N5OS/c1-5-28(33,17(2)3)22-12-8-14-35-23(22)27-37-25(29(30,31)32)24(39-27)26(38)36-18(4)19-9-6-10-20(15-19)21-11-7-13-34-16-21/h6-18H,5,33H2,1-4H3,(H,36,38)/t18?,28-/m0/s1. The first-order chi connectivity index (χ1) is 18.5. The van der Waals surface area contributed by atoms with Gasteiger partial charge in [0.25, 0.3) is 5.91 Å². The Hall–Kier alpha value is -3.63. The summed E-state index contributed by atoms with van der Waals surface area (Å²) in [7, 11) is 0. The van der Waals surface area contributed by atoms with Crippen LogP contribution in [0.3, 0.4) is 0 Å². The number of carbonyl (C=O) groups is 1. The van der Waals surface area contributed by atoms with Gasteiger partial charge in [-0.2, -0.15) is 13.2 Å². The summed E-state index contributed by atoms with van der Waals surface area (Å²) >= 11 is 0.668. The molecule has 2 atom stereocenters. The molecule has 0 saturated heterocycles. The van der Waals surface area contributed by atoms with Crippen molar-refractivity contribution < 1.29 is 18.0 Å². The van der Waals surface area contributed by atoms with E-state index < -0.39 is 34.2 Å². The number of thiazole rings is 1. The van der Waals surface area contributed by atoms with Crippen LogP contribution in [0.1, 0.15) is 66.7 Å². The molecule has 0 aliphatic carbocycles. The average Bonchev–Trinajstić information content (AvgIpc) is 3.40. The third-order valence-corrected chi connectivity index (χ3v) is 8.02. The number of pyridine rings is 2. The average molecular weight is 554 g/mol. The summed E-state index contributed by atoms with van der Waals surface area (Å²) in [5, 5.41) is 2.71. The molecular formula is C29H30F3N5OS. The molecule has 3 heterocycles. The molecule has 6 nitrogen and oxygen atoms in total. The van der Waals surface area contributed by atoms with Gasteiger partial charge in [-0.25, -0.2) is 4.98 Å². The molecule has 1 amide bonds. The van der Waals surface area contributed by atoms with Crippen LogP contribution in [0.15, 0.2) is 67.1 Å². The van der Waals surface area contributed by atoms with Crippen molar-refractivity contribution in [1.82, 2.24) is 20.3 Å². The highest BCUT2D eigenvalue weighted by Crippen LogP contribution is 2.41. The van der Waals surface area contributed by atoms with Crippen molar-refractivity contribution in [3.63, 3.8) is 0 Å². The van der Waals surface area contributed by atoms with Crippen LogP contribution in [0, 0.1) is 5.92 Å². The summed E-state index contributed by atoms with van der Waals surface area (Å²) in [6.07, 6.45) is 0.591. The Morgan fingerprint density at radius 2 is 1.77 bits per heavy atom. The SMILES string of the molecule is CC[C@@](N)(c1cccnc1-c1nc(C(F)(F)F)c(C(=O)NC(C)c2cccc(-c3cccnc3)c2)s1)C(C)C. The molecule has 0 aliphatic heterocycles. The first kappa shape index (κ1) is 28.4. The zero-order chi connectivity index (χ0) is 28.4. The molecule has 39 heavy (non-hydrogen) atoms. The number of halogens is 3. The normalized spacial score (nSPS) is 14.2.